The first-order valence-electron chi connectivity index (χ1n) is 8.55. The Kier molecular flexibility index (Phi) is 5.67. The Balaban J connectivity index is 1.72. The van der Waals surface area contributed by atoms with Gasteiger partial charge < -0.3 is 14.0 Å². The van der Waals surface area contributed by atoms with E-state index in [2.05, 4.69) is 9.71 Å². The molecule has 0 aliphatic heterocycles. The zero-order valence-electron chi connectivity index (χ0n) is 15.5. The molecule has 0 bridgehead atoms. The summed E-state index contributed by atoms with van der Waals surface area (Å²) in [4.78, 5) is 4.29. The van der Waals surface area contributed by atoms with Crippen LogP contribution in [0.4, 0.5) is 0 Å². The molecular weight excluding hydrogens is 366 g/mol. The van der Waals surface area contributed by atoms with Crippen LogP contribution in [0.3, 0.4) is 0 Å². The lowest BCUT2D eigenvalue weighted by Gasteiger charge is -2.18. The maximum Gasteiger partial charge on any atom is 0.213 e. The maximum absolute atomic E-state index is 12.6. The summed E-state index contributed by atoms with van der Waals surface area (Å²) in [6.07, 6.45) is 1.66. The lowest BCUT2D eigenvalue weighted by molar-refractivity contribution is 0.395. The number of ether oxygens (including phenoxy) is 2. The van der Waals surface area contributed by atoms with Crippen molar-refractivity contribution < 1.29 is 17.9 Å². The number of para-hydroxylation sites is 2. The van der Waals surface area contributed by atoms with E-state index >= 15 is 0 Å². The molecule has 0 spiro atoms. The van der Waals surface area contributed by atoms with E-state index in [4.69, 9.17) is 9.47 Å². The highest BCUT2D eigenvalue weighted by atomic mass is 32.2. The van der Waals surface area contributed by atoms with Crippen LogP contribution in [0.2, 0.25) is 0 Å². The number of nitrogens with one attached hydrogen (secondary N) is 1. The number of rotatable bonds is 8. The molecule has 3 rings (SSSR count). The molecule has 0 aliphatic carbocycles. The quantitative estimate of drug-likeness (QED) is 0.641. The molecule has 3 aromatic rings. The van der Waals surface area contributed by atoms with Crippen molar-refractivity contribution in [2.24, 2.45) is 0 Å². The molecule has 1 atom stereocenters. The second kappa shape index (κ2) is 7.98. The van der Waals surface area contributed by atoms with Gasteiger partial charge in [0.25, 0.3) is 0 Å². The van der Waals surface area contributed by atoms with Crippen molar-refractivity contribution in [2.75, 3.05) is 20.0 Å². The van der Waals surface area contributed by atoms with E-state index in [0.717, 1.165) is 11.0 Å². The second-order valence-electron chi connectivity index (χ2n) is 6.19. The highest BCUT2D eigenvalue weighted by Crippen LogP contribution is 2.29. The molecule has 144 valence electrons. The molecule has 0 saturated heterocycles. The number of imidazole rings is 1. The van der Waals surface area contributed by atoms with Gasteiger partial charge in [0, 0.05) is 18.2 Å². The van der Waals surface area contributed by atoms with Crippen LogP contribution in [0.5, 0.6) is 11.5 Å². The van der Waals surface area contributed by atoms with Gasteiger partial charge >= 0.3 is 0 Å². The molecule has 1 N–H and O–H groups in total. The van der Waals surface area contributed by atoms with E-state index < -0.39 is 16.1 Å². The van der Waals surface area contributed by atoms with Gasteiger partial charge in [-0.1, -0.05) is 12.1 Å². The molecule has 7 nitrogen and oxygen atoms in total. The van der Waals surface area contributed by atoms with Gasteiger partial charge in [0.15, 0.2) is 0 Å². The van der Waals surface area contributed by atoms with Crippen molar-refractivity contribution in [3.8, 4) is 11.5 Å². The van der Waals surface area contributed by atoms with Crippen molar-refractivity contribution in [1.29, 1.82) is 0 Å². The third-order valence-corrected chi connectivity index (χ3v) is 5.82. The molecule has 0 saturated carbocycles. The van der Waals surface area contributed by atoms with E-state index in [0.29, 0.717) is 23.6 Å². The fourth-order valence-electron chi connectivity index (χ4n) is 2.98. The minimum absolute atomic E-state index is 0.0516. The Hall–Kier alpha value is -2.58. The third-order valence-electron chi connectivity index (χ3n) is 4.39. The molecule has 27 heavy (non-hydrogen) atoms. The van der Waals surface area contributed by atoms with Crippen LogP contribution < -0.4 is 14.2 Å². The molecule has 8 heteroatoms. The summed E-state index contributed by atoms with van der Waals surface area (Å²) in [7, 11) is -0.396. The first-order chi connectivity index (χ1) is 12.9. The largest absolute Gasteiger partial charge is 0.497 e. The molecule has 2 aromatic carbocycles. The summed E-state index contributed by atoms with van der Waals surface area (Å²) < 4.78 is 40.3. The van der Waals surface area contributed by atoms with Crippen LogP contribution in [-0.4, -0.2) is 37.9 Å². The smallest absolute Gasteiger partial charge is 0.213 e. The number of hydrogen-bond donors (Lipinski definition) is 1. The SMILES string of the molecule is COc1ccc(OC)c([C@@H](C)NS(=O)(=O)CCn2cnc3ccccc32)c1. The molecule has 0 aliphatic rings. The highest BCUT2D eigenvalue weighted by molar-refractivity contribution is 7.89. The number of fused-ring (bicyclic) bond motifs is 1. The van der Waals surface area contributed by atoms with Gasteiger partial charge in [-0.3, -0.25) is 0 Å². The van der Waals surface area contributed by atoms with E-state index in [9.17, 15) is 8.42 Å². The Morgan fingerprint density at radius 2 is 1.93 bits per heavy atom. The minimum atomic E-state index is -3.51. The van der Waals surface area contributed by atoms with Gasteiger partial charge in [-0.2, -0.15) is 0 Å². The second-order valence-corrected chi connectivity index (χ2v) is 8.07. The molecular formula is C19H23N3O4S. The van der Waals surface area contributed by atoms with Crippen molar-refractivity contribution in [2.45, 2.75) is 19.5 Å². The van der Waals surface area contributed by atoms with Gasteiger partial charge in [0.05, 0.1) is 37.3 Å². The average Bonchev–Trinajstić information content (AvgIpc) is 3.09. The van der Waals surface area contributed by atoms with Crippen LogP contribution in [0.25, 0.3) is 11.0 Å². The topological polar surface area (TPSA) is 82.5 Å². The number of nitrogens with zero attached hydrogens (tertiary/aromatic N) is 2. The van der Waals surface area contributed by atoms with Crippen LogP contribution in [0.15, 0.2) is 48.8 Å². The Labute approximate surface area is 159 Å². The molecule has 0 amide bonds. The number of aromatic nitrogens is 2. The van der Waals surface area contributed by atoms with E-state index in [1.54, 1.807) is 45.7 Å². The Morgan fingerprint density at radius 3 is 2.67 bits per heavy atom. The standard InChI is InChI=1S/C19H23N3O4S/c1-14(16-12-15(25-2)8-9-19(16)26-3)21-27(23,24)11-10-22-13-20-17-6-4-5-7-18(17)22/h4-9,12-14,21H,10-11H2,1-3H3/t14-/m1/s1. The summed E-state index contributed by atoms with van der Waals surface area (Å²) in [6, 6.07) is 12.5. The van der Waals surface area contributed by atoms with E-state index in [1.807, 2.05) is 28.8 Å². The van der Waals surface area contributed by atoms with Gasteiger partial charge in [0.1, 0.15) is 11.5 Å². The lowest BCUT2D eigenvalue weighted by Crippen LogP contribution is -2.31. The maximum atomic E-state index is 12.6. The fraction of sp³-hybridized carbons (Fsp3) is 0.316. The molecule has 0 radical (unpaired) electrons. The molecule has 0 fully saturated rings. The van der Waals surface area contributed by atoms with Crippen molar-refractivity contribution in [1.82, 2.24) is 14.3 Å². The van der Waals surface area contributed by atoms with Gasteiger partial charge in [-0.25, -0.2) is 18.1 Å². The van der Waals surface area contributed by atoms with Gasteiger partial charge in [-0.05, 0) is 37.3 Å². The third kappa shape index (κ3) is 4.40. The summed E-state index contributed by atoms with van der Waals surface area (Å²) in [6.45, 7) is 2.10. The number of aryl methyl sites for hydroxylation is 1. The molecule has 0 unspecified atom stereocenters. The number of methoxy groups -OCH3 is 2. The zero-order valence-corrected chi connectivity index (χ0v) is 16.4. The summed E-state index contributed by atoms with van der Waals surface area (Å²) in [5.41, 5.74) is 2.47. The average molecular weight is 389 g/mol. The number of sulfonamides is 1. The monoisotopic (exact) mass is 389 g/mol. The van der Waals surface area contributed by atoms with Crippen LogP contribution >= 0.6 is 0 Å². The Bertz CT molecular complexity index is 1030. The Morgan fingerprint density at radius 1 is 1.15 bits per heavy atom. The van der Waals surface area contributed by atoms with Crippen molar-refractivity contribution in [3.63, 3.8) is 0 Å². The minimum Gasteiger partial charge on any atom is -0.497 e. The van der Waals surface area contributed by atoms with Crippen LogP contribution in [-0.2, 0) is 16.6 Å². The van der Waals surface area contributed by atoms with Crippen LogP contribution in [0, 0.1) is 0 Å². The van der Waals surface area contributed by atoms with E-state index in [-0.39, 0.29) is 5.75 Å². The zero-order chi connectivity index (χ0) is 19.4. The summed E-state index contributed by atoms with van der Waals surface area (Å²) in [5, 5.41) is 0. The summed E-state index contributed by atoms with van der Waals surface area (Å²) >= 11 is 0. The van der Waals surface area contributed by atoms with Gasteiger partial charge in [-0.15, -0.1) is 0 Å². The van der Waals surface area contributed by atoms with Crippen molar-refractivity contribution in [3.05, 3.63) is 54.4 Å². The summed E-state index contributed by atoms with van der Waals surface area (Å²) in [5.74, 6) is 1.19. The van der Waals surface area contributed by atoms with E-state index in [1.165, 1.54) is 0 Å². The predicted octanol–water partition coefficient (Wildman–Crippen LogP) is 2.73. The lowest BCUT2D eigenvalue weighted by atomic mass is 10.1. The normalized spacial score (nSPS) is 12.9. The first kappa shape index (κ1) is 19.2. The number of benzene rings is 2. The number of hydrogen-bond acceptors (Lipinski definition) is 5. The molecule has 1 aromatic heterocycles. The molecule has 1 heterocycles. The fourth-order valence-corrected chi connectivity index (χ4v) is 4.20. The predicted molar refractivity (Wildman–Crippen MR) is 105 cm³/mol. The van der Waals surface area contributed by atoms with Crippen molar-refractivity contribution >= 4 is 21.1 Å². The van der Waals surface area contributed by atoms with Gasteiger partial charge in [0.2, 0.25) is 10.0 Å². The van der Waals surface area contributed by atoms with Crippen LogP contribution in [0.1, 0.15) is 18.5 Å². The highest BCUT2D eigenvalue weighted by Gasteiger charge is 2.19. The first-order valence-corrected chi connectivity index (χ1v) is 10.2.